The van der Waals surface area contributed by atoms with Crippen LogP contribution in [-0.4, -0.2) is 23.6 Å². The van der Waals surface area contributed by atoms with Crippen LogP contribution in [0.2, 0.25) is 0 Å². The van der Waals surface area contributed by atoms with Gasteiger partial charge in [0.2, 0.25) is 5.91 Å². The average Bonchev–Trinajstić information content (AvgIpc) is 3.27. The minimum atomic E-state index is -0.821. The van der Waals surface area contributed by atoms with Gasteiger partial charge in [0, 0.05) is 28.8 Å². The molecule has 0 spiro atoms. The number of aliphatic carboxylic acids is 1. The number of nitrogens with one attached hydrogen (secondary N) is 1. The Labute approximate surface area is 150 Å². The summed E-state index contributed by atoms with van der Waals surface area (Å²) >= 11 is 1.73. The van der Waals surface area contributed by atoms with Gasteiger partial charge >= 0.3 is 5.97 Å². The highest BCUT2D eigenvalue weighted by atomic mass is 32.1. The van der Waals surface area contributed by atoms with Gasteiger partial charge in [-0.1, -0.05) is 0 Å². The van der Waals surface area contributed by atoms with E-state index < -0.39 is 5.97 Å². The van der Waals surface area contributed by atoms with E-state index in [0.29, 0.717) is 24.7 Å². The minimum absolute atomic E-state index is 0.0595. The van der Waals surface area contributed by atoms with E-state index in [-0.39, 0.29) is 18.2 Å². The van der Waals surface area contributed by atoms with Crippen LogP contribution in [0.3, 0.4) is 0 Å². The maximum absolute atomic E-state index is 12.4. The number of thiophene rings is 1. The van der Waals surface area contributed by atoms with Gasteiger partial charge in [-0.25, -0.2) is 0 Å². The summed E-state index contributed by atoms with van der Waals surface area (Å²) in [6.07, 6.45) is 1.48. The number of amides is 1. The number of aryl methyl sites for hydroxylation is 1. The molecule has 1 aliphatic rings. The predicted molar refractivity (Wildman–Crippen MR) is 97.3 cm³/mol. The van der Waals surface area contributed by atoms with E-state index >= 15 is 0 Å². The molecule has 5 nitrogen and oxygen atoms in total. The fourth-order valence-corrected chi connectivity index (χ4v) is 3.93. The zero-order chi connectivity index (χ0) is 17.8. The van der Waals surface area contributed by atoms with E-state index in [2.05, 4.69) is 23.7 Å². The lowest BCUT2D eigenvalue weighted by Gasteiger charge is -2.08. The molecule has 1 saturated carbocycles. The number of carboxylic acids is 1. The third-order valence-electron chi connectivity index (χ3n) is 4.29. The lowest BCUT2D eigenvalue weighted by atomic mass is 10.2. The summed E-state index contributed by atoms with van der Waals surface area (Å²) in [5.74, 6) is 0.328. The van der Waals surface area contributed by atoms with E-state index in [1.165, 1.54) is 10.4 Å². The number of benzene rings is 1. The first-order chi connectivity index (χ1) is 12.0. The molecule has 1 heterocycles. The number of ether oxygens (including phenoxy) is 1. The predicted octanol–water partition coefficient (Wildman–Crippen LogP) is 4.04. The van der Waals surface area contributed by atoms with Crippen molar-refractivity contribution in [2.75, 3.05) is 11.9 Å². The monoisotopic (exact) mass is 359 g/mol. The van der Waals surface area contributed by atoms with Gasteiger partial charge in [-0.2, -0.15) is 0 Å². The van der Waals surface area contributed by atoms with E-state index in [4.69, 9.17) is 9.84 Å². The molecule has 1 amide bonds. The van der Waals surface area contributed by atoms with Crippen LogP contribution in [0, 0.1) is 12.8 Å². The molecule has 2 atom stereocenters. The molecule has 1 fully saturated rings. The molecule has 0 saturated heterocycles. The molecular formula is C19H21NO4S. The summed E-state index contributed by atoms with van der Waals surface area (Å²) in [5.41, 5.74) is 2.02. The maximum Gasteiger partial charge on any atom is 0.303 e. The summed E-state index contributed by atoms with van der Waals surface area (Å²) in [6.45, 7) is 2.45. The van der Waals surface area contributed by atoms with Gasteiger partial charge < -0.3 is 15.2 Å². The minimum Gasteiger partial charge on any atom is -0.494 e. The Morgan fingerprint density at radius 3 is 2.68 bits per heavy atom. The van der Waals surface area contributed by atoms with Gasteiger partial charge in [-0.05, 0) is 61.0 Å². The summed E-state index contributed by atoms with van der Waals surface area (Å²) in [4.78, 5) is 24.1. The van der Waals surface area contributed by atoms with Crippen LogP contribution in [0.25, 0.3) is 0 Å². The second-order valence-corrected chi connectivity index (χ2v) is 7.22. The van der Waals surface area contributed by atoms with Crippen molar-refractivity contribution in [3.05, 3.63) is 46.2 Å². The molecule has 2 N–H and O–H groups in total. The van der Waals surface area contributed by atoms with E-state index in [1.54, 1.807) is 35.6 Å². The first kappa shape index (κ1) is 17.5. The smallest absolute Gasteiger partial charge is 0.303 e. The highest BCUT2D eigenvalue weighted by Gasteiger charge is 2.45. The fraction of sp³-hybridized carbons (Fsp3) is 0.368. The third kappa shape index (κ3) is 4.60. The van der Waals surface area contributed by atoms with E-state index in [9.17, 15) is 9.59 Å². The molecule has 25 heavy (non-hydrogen) atoms. The molecule has 1 aromatic carbocycles. The first-order valence-electron chi connectivity index (χ1n) is 8.34. The Morgan fingerprint density at radius 2 is 2.04 bits per heavy atom. The zero-order valence-corrected chi connectivity index (χ0v) is 14.8. The lowest BCUT2D eigenvalue weighted by molar-refractivity contribution is -0.137. The maximum atomic E-state index is 12.4. The van der Waals surface area contributed by atoms with Crippen LogP contribution < -0.4 is 10.1 Å². The highest BCUT2D eigenvalue weighted by Crippen LogP contribution is 2.50. The number of hydrogen-bond donors (Lipinski definition) is 2. The Balaban J connectivity index is 1.46. The van der Waals surface area contributed by atoms with Crippen molar-refractivity contribution in [2.45, 2.75) is 32.1 Å². The molecular weight excluding hydrogens is 338 g/mol. The third-order valence-corrected chi connectivity index (χ3v) is 5.44. The van der Waals surface area contributed by atoms with E-state index in [1.807, 2.05) is 0 Å². The molecule has 0 bridgehead atoms. The van der Waals surface area contributed by atoms with Crippen molar-refractivity contribution in [2.24, 2.45) is 5.92 Å². The van der Waals surface area contributed by atoms with E-state index in [0.717, 1.165) is 12.1 Å². The summed E-state index contributed by atoms with van der Waals surface area (Å²) in [7, 11) is 0. The number of rotatable bonds is 8. The Kier molecular flexibility index (Phi) is 5.38. The second-order valence-electron chi connectivity index (χ2n) is 6.28. The van der Waals surface area contributed by atoms with Gasteiger partial charge in [-0.15, -0.1) is 11.3 Å². The van der Waals surface area contributed by atoms with Crippen LogP contribution in [0.1, 0.15) is 35.6 Å². The number of anilines is 1. The Hall–Kier alpha value is -2.34. The van der Waals surface area contributed by atoms with Crippen molar-refractivity contribution < 1.29 is 19.4 Å². The summed E-state index contributed by atoms with van der Waals surface area (Å²) in [5, 5.41) is 13.6. The van der Waals surface area contributed by atoms with Gasteiger partial charge in [0.25, 0.3) is 0 Å². The largest absolute Gasteiger partial charge is 0.494 e. The first-order valence-corrected chi connectivity index (χ1v) is 9.22. The van der Waals surface area contributed by atoms with Gasteiger partial charge in [-0.3, -0.25) is 9.59 Å². The molecule has 1 aromatic heterocycles. The molecule has 2 unspecified atom stereocenters. The SMILES string of the molecule is Cc1ccsc1C1CC1C(=O)Nc1ccc(OCCCC(=O)O)cc1. The zero-order valence-electron chi connectivity index (χ0n) is 14.0. The lowest BCUT2D eigenvalue weighted by Crippen LogP contribution is -2.14. The van der Waals surface area contributed by atoms with Crippen LogP contribution in [0.15, 0.2) is 35.7 Å². The van der Waals surface area contributed by atoms with Gasteiger partial charge in [0.1, 0.15) is 5.75 Å². The molecule has 1 aliphatic carbocycles. The fourth-order valence-electron chi connectivity index (χ4n) is 2.82. The summed E-state index contributed by atoms with van der Waals surface area (Å²) < 4.78 is 5.48. The number of carboxylic acid groups (broad SMARTS) is 1. The van der Waals surface area contributed by atoms with Crippen molar-refractivity contribution in [3.63, 3.8) is 0 Å². The number of carbonyl (C=O) groups excluding carboxylic acids is 1. The van der Waals surface area contributed by atoms with Crippen LogP contribution in [0.5, 0.6) is 5.75 Å². The van der Waals surface area contributed by atoms with Gasteiger partial charge in [0.15, 0.2) is 0 Å². The number of carbonyl (C=O) groups is 2. The van der Waals surface area contributed by atoms with Crippen molar-refractivity contribution in [3.8, 4) is 5.75 Å². The van der Waals surface area contributed by atoms with Crippen molar-refractivity contribution >= 4 is 28.9 Å². The average molecular weight is 359 g/mol. The molecule has 2 aromatic rings. The summed E-state index contributed by atoms with van der Waals surface area (Å²) in [6, 6.07) is 9.27. The topological polar surface area (TPSA) is 75.6 Å². The van der Waals surface area contributed by atoms with Crippen molar-refractivity contribution in [1.82, 2.24) is 0 Å². The molecule has 6 heteroatoms. The van der Waals surface area contributed by atoms with Crippen LogP contribution >= 0.6 is 11.3 Å². The standard InChI is InChI=1S/C19H21NO4S/c1-12-8-10-25-18(12)15-11-16(15)19(23)20-13-4-6-14(7-5-13)24-9-2-3-17(21)22/h4-8,10,15-16H,2-3,9,11H2,1H3,(H,20,23)(H,21,22). The molecule has 132 valence electrons. The molecule has 3 rings (SSSR count). The second kappa shape index (κ2) is 7.70. The Morgan fingerprint density at radius 1 is 1.28 bits per heavy atom. The number of hydrogen-bond acceptors (Lipinski definition) is 4. The highest BCUT2D eigenvalue weighted by molar-refractivity contribution is 7.10. The van der Waals surface area contributed by atoms with Crippen LogP contribution in [-0.2, 0) is 9.59 Å². The molecule has 0 radical (unpaired) electrons. The quantitative estimate of drug-likeness (QED) is 0.698. The van der Waals surface area contributed by atoms with Crippen LogP contribution in [0.4, 0.5) is 5.69 Å². The van der Waals surface area contributed by atoms with Gasteiger partial charge in [0.05, 0.1) is 6.61 Å². The molecule has 0 aliphatic heterocycles. The Bertz CT molecular complexity index is 753. The van der Waals surface area contributed by atoms with Crippen molar-refractivity contribution in [1.29, 1.82) is 0 Å². The normalized spacial score (nSPS) is 18.6.